The molecule has 0 aromatic heterocycles. The number of hydrogen-bond acceptors (Lipinski definition) is 11. The number of amides is 8. The summed E-state index contributed by atoms with van der Waals surface area (Å²) in [6.45, 7) is 12.4. The molecule has 332 valence electrons. The summed E-state index contributed by atoms with van der Waals surface area (Å²) < 4.78 is 0. The number of carbonyl (C=O) groups is 9. The van der Waals surface area contributed by atoms with Gasteiger partial charge in [-0.25, -0.2) is 0 Å². The Hall–Kier alpha value is -5.60. The predicted molar refractivity (Wildman–Crippen MR) is 219 cm³/mol. The number of primary amides is 1. The van der Waals surface area contributed by atoms with Crippen molar-refractivity contribution in [2.45, 2.75) is 141 Å². The number of guanidine groups is 1. The second-order valence-corrected chi connectivity index (χ2v) is 15.3. The topological polar surface area (TPSA) is 345 Å². The van der Waals surface area contributed by atoms with Crippen molar-refractivity contribution in [3.05, 3.63) is 12.2 Å². The maximum atomic E-state index is 14.0. The van der Waals surface area contributed by atoms with Gasteiger partial charge < -0.3 is 64.5 Å². The highest BCUT2D eigenvalue weighted by molar-refractivity contribution is 5.97. The SMILES string of the molecule is C=C(C)C(=O)NCCCC[C@H](NC(=O)[C@H](CCCN=C(N)N)NC(=O)[C@@H]1CCCN1C(=O)[C@H](C)N)C(=O)N[C@@H](CCC(N)=O)C(=O)N[C@@H](CC(C)C)C(=O)N[C@@H](C)C=O. The van der Waals surface area contributed by atoms with E-state index in [9.17, 15) is 43.2 Å². The van der Waals surface area contributed by atoms with Crippen LogP contribution < -0.4 is 54.8 Å². The molecule has 0 aromatic carbocycles. The fourth-order valence-electron chi connectivity index (χ4n) is 6.13. The highest BCUT2D eigenvalue weighted by Gasteiger charge is 2.37. The molecule has 1 fully saturated rings. The van der Waals surface area contributed by atoms with E-state index in [0.29, 0.717) is 37.7 Å². The molecule has 0 saturated carbocycles. The summed E-state index contributed by atoms with van der Waals surface area (Å²) in [5, 5.41) is 15.8. The number of nitrogens with one attached hydrogen (secondary N) is 6. The zero-order valence-corrected chi connectivity index (χ0v) is 35.0. The van der Waals surface area contributed by atoms with E-state index in [1.54, 1.807) is 6.92 Å². The highest BCUT2D eigenvalue weighted by Crippen LogP contribution is 2.19. The second-order valence-electron chi connectivity index (χ2n) is 15.3. The lowest BCUT2D eigenvalue weighted by atomic mass is 10.0. The zero-order valence-electron chi connectivity index (χ0n) is 35.0. The molecule has 21 nitrogen and oxygen atoms in total. The van der Waals surface area contributed by atoms with Crippen molar-refractivity contribution in [3.8, 4) is 0 Å². The van der Waals surface area contributed by atoms with Crippen molar-refractivity contribution in [2.24, 2.45) is 33.8 Å². The lowest BCUT2D eigenvalue weighted by Gasteiger charge is -2.29. The lowest BCUT2D eigenvalue weighted by molar-refractivity contribution is -0.140. The monoisotopic (exact) mass is 835 g/mol. The molecule has 14 N–H and O–H groups in total. The van der Waals surface area contributed by atoms with Crippen LogP contribution in [-0.4, -0.2) is 126 Å². The maximum Gasteiger partial charge on any atom is 0.246 e. The summed E-state index contributed by atoms with van der Waals surface area (Å²) in [7, 11) is 0. The molecular weight excluding hydrogens is 768 g/mol. The number of unbranched alkanes of at least 4 members (excludes halogenated alkanes) is 1. The number of nitrogens with two attached hydrogens (primary N) is 4. The minimum Gasteiger partial charge on any atom is -0.370 e. The molecule has 1 heterocycles. The van der Waals surface area contributed by atoms with Crippen LogP contribution in [0.25, 0.3) is 0 Å². The Morgan fingerprint density at radius 1 is 0.780 bits per heavy atom. The van der Waals surface area contributed by atoms with Gasteiger partial charge in [-0.1, -0.05) is 20.4 Å². The van der Waals surface area contributed by atoms with Crippen LogP contribution in [0, 0.1) is 5.92 Å². The first-order valence-electron chi connectivity index (χ1n) is 20.0. The van der Waals surface area contributed by atoms with E-state index in [1.807, 2.05) is 13.8 Å². The van der Waals surface area contributed by atoms with E-state index in [1.165, 1.54) is 18.7 Å². The van der Waals surface area contributed by atoms with E-state index < -0.39 is 83.6 Å². The number of nitrogens with zero attached hydrogens (tertiary/aromatic N) is 2. The Labute approximate surface area is 345 Å². The average Bonchev–Trinajstić information content (AvgIpc) is 3.65. The summed E-state index contributed by atoms with van der Waals surface area (Å²) in [6, 6.07) is -7.63. The van der Waals surface area contributed by atoms with Crippen LogP contribution in [-0.2, 0) is 43.2 Å². The number of rotatable bonds is 27. The first-order valence-corrected chi connectivity index (χ1v) is 20.0. The van der Waals surface area contributed by atoms with Crippen LogP contribution in [0.5, 0.6) is 0 Å². The van der Waals surface area contributed by atoms with Gasteiger partial charge in [-0.05, 0) is 84.5 Å². The molecule has 0 bridgehead atoms. The molecule has 0 aliphatic carbocycles. The Morgan fingerprint density at radius 2 is 1.32 bits per heavy atom. The van der Waals surface area contributed by atoms with Crippen LogP contribution in [0.1, 0.15) is 98.8 Å². The molecule has 7 atom stereocenters. The molecule has 1 rings (SSSR count). The van der Waals surface area contributed by atoms with Gasteiger partial charge in [-0.15, -0.1) is 0 Å². The van der Waals surface area contributed by atoms with Crippen LogP contribution in [0.2, 0.25) is 0 Å². The van der Waals surface area contributed by atoms with E-state index in [0.717, 1.165) is 0 Å². The van der Waals surface area contributed by atoms with Crippen LogP contribution in [0.15, 0.2) is 17.1 Å². The van der Waals surface area contributed by atoms with E-state index in [-0.39, 0.29) is 75.8 Å². The molecule has 59 heavy (non-hydrogen) atoms. The van der Waals surface area contributed by atoms with E-state index in [2.05, 4.69) is 43.5 Å². The fraction of sp³-hybridized carbons (Fsp3) is 0.684. The van der Waals surface area contributed by atoms with Crippen molar-refractivity contribution < 1.29 is 43.2 Å². The van der Waals surface area contributed by atoms with Gasteiger partial charge in [0.05, 0.1) is 12.1 Å². The van der Waals surface area contributed by atoms with Gasteiger partial charge in [0, 0.05) is 31.6 Å². The summed E-state index contributed by atoms with van der Waals surface area (Å²) in [5.41, 5.74) is 22.4. The highest BCUT2D eigenvalue weighted by atomic mass is 16.2. The summed E-state index contributed by atoms with van der Waals surface area (Å²) in [4.78, 5) is 121. The number of likely N-dealkylation sites (tertiary alicyclic amines) is 1. The smallest absolute Gasteiger partial charge is 0.246 e. The summed E-state index contributed by atoms with van der Waals surface area (Å²) in [5.74, 6) is -5.45. The van der Waals surface area contributed by atoms with Crippen LogP contribution >= 0.6 is 0 Å². The maximum absolute atomic E-state index is 14.0. The second kappa shape index (κ2) is 26.4. The zero-order chi connectivity index (χ0) is 44.8. The first-order chi connectivity index (χ1) is 27.7. The van der Waals surface area contributed by atoms with Gasteiger partial charge in [-0.3, -0.25) is 43.3 Å². The van der Waals surface area contributed by atoms with Crippen molar-refractivity contribution in [3.63, 3.8) is 0 Å². The molecular formula is C38H66N12O9. The van der Waals surface area contributed by atoms with Gasteiger partial charge in [0.1, 0.15) is 36.5 Å². The van der Waals surface area contributed by atoms with Gasteiger partial charge in [-0.2, -0.15) is 0 Å². The Morgan fingerprint density at radius 3 is 1.85 bits per heavy atom. The van der Waals surface area contributed by atoms with Crippen molar-refractivity contribution in [2.75, 3.05) is 19.6 Å². The number of hydrogen-bond donors (Lipinski definition) is 10. The third kappa shape index (κ3) is 19.6. The molecule has 0 radical (unpaired) electrons. The van der Waals surface area contributed by atoms with Crippen LogP contribution in [0.4, 0.5) is 0 Å². The Bertz CT molecular complexity index is 1530. The minimum atomic E-state index is -1.40. The first kappa shape index (κ1) is 51.4. The van der Waals surface area contributed by atoms with Crippen molar-refractivity contribution in [1.29, 1.82) is 0 Å². The molecule has 1 saturated heterocycles. The average molecular weight is 835 g/mol. The molecule has 1 aliphatic rings. The Kier molecular flexibility index (Phi) is 23.0. The third-order valence-electron chi connectivity index (χ3n) is 9.26. The fourth-order valence-corrected chi connectivity index (χ4v) is 6.13. The number of carbonyl (C=O) groups excluding carboxylic acids is 9. The largest absolute Gasteiger partial charge is 0.370 e. The van der Waals surface area contributed by atoms with Crippen molar-refractivity contribution in [1.82, 2.24) is 36.8 Å². The van der Waals surface area contributed by atoms with Gasteiger partial charge in [0.15, 0.2) is 5.96 Å². The molecule has 21 heteroatoms. The van der Waals surface area contributed by atoms with Crippen LogP contribution in [0.3, 0.4) is 0 Å². The predicted octanol–water partition coefficient (Wildman–Crippen LogP) is -2.80. The Balaban J connectivity index is 3.45. The van der Waals surface area contributed by atoms with Gasteiger partial charge in [0.25, 0.3) is 0 Å². The number of aldehydes is 1. The quantitative estimate of drug-likeness (QED) is 0.0132. The normalized spacial score (nSPS) is 16.5. The molecule has 1 aliphatic heterocycles. The van der Waals surface area contributed by atoms with Gasteiger partial charge in [0.2, 0.25) is 47.3 Å². The molecule has 0 unspecified atom stereocenters. The molecule has 0 aromatic rings. The minimum absolute atomic E-state index is 0.000593. The number of aliphatic imine (C=N–C) groups is 1. The standard InChI is InChI=1S/C38H66N12O9/c1-21(2)19-28(35(57)45-23(5)20-51)49-34(56)27(14-15-30(40)52)47-32(54)25(11-7-8-16-43-31(53)22(3)4)46-33(55)26(12-9-17-44-38(41)42)48-36(58)29-13-10-18-50(29)37(59)24(6)39/h20-21,23-29H,3,7-19,39H2,1-2,4-6H3,(H2,40,52)(H,43,53)(H,45,57)(H,46,55)(H,47,54)(H,48,58)(H,49,56)(H4,41,42,44)/t23-,24-,25-,26-,27-,28-,29-/m0/s1. The van der Waals surface area contributed by atoms with Crippen molar-refractivity contribution >= 4 is 59.5 Å². The van der Waals surface area contributed by atoms with E-state index >= 15 is 0 Å². The summed E-state index contributed by atoms with van der Waals surface area (Å²) >= 11 is 0. The molecule has 0 spiro atoms. The molecule has 8 amide bonds. The summed E-state index contributed by atoms with van der Waals surface area (Å²) in [6.07, 6.45) is 1.91. The van der Waals surface area contributed by atoms with Gasteiger partial charge >= 0.3 is 0 Å². The lowest BCUT2D eigenvalue weighted by Crippen LogP contribution is -2.59. The third-order valence-corrected chi connectivity index (χ3v) is 9.26. The van der Waals surface area contributed by atoms with E-state index in [4.69, 9.17) is 22.9 Å².